The zero-order chi connectivity index (χ0) is 15.5. The maximum atomic E-state index is 9.72. The second kappa shape index (κ2) is 4.63. The molecule has 0 aliphatic carbocycles. The molecule has 8 heteroatoms. The molecule has 2 fully saturated rings. The highest BCUT2D eigenvalue weighted by Gasteiger charge is 2.59. The Bertz CT molecular complexity index is 720. The molecule has 2 aliphatic rings. The Hall–Kier alpha value is -1.74. The van der Waals surface area contributed by atoms with E-state index in [1.807, 2.05) is 26.0 Å². The number of rotatable bonds is 2. The Morgan fingerprint density at radius 3 is 3.00 bits per heavy atom. The molecule has 8 nitrogen and oxygen atoms in total. The van der Waals surface area contributed by atoms with Crippen molar-refractivity contribution >= 4 is 11.3 Å². The van der Waals surface area contributed by atoms with Crippen LogP contribution in [-0.2, 0) is 14.2 Å². The summed E-state index contributed by atoms with van der Waals surface area (Å²) in [6.07, 6.45) is 0.0313. The first-order valence-corrected chi connectivity index (χ1v) is 7.21. The number of hydrogen-bond acceptors (Lipinski definition) is 7. The number of aromatic nitrogens is 3. The number of anilines is 1. The number of hydrogen-bond donors (Lipinski definition) is 2. The van der Waals surface area contributed by atoms with Gasteiger partial charge in [-0.05, 0) is 26.0 Å². The molecule has 2 aliphatic heterocycles. The molecule has 3 N–H and O–H groups in total. The summed E-state index contributed by atoms with van der Waals surface area (Å²) in [6.45, 7) is 3.51. The monoisotopic (exact) mass is 306 g/mol. The van der Waals surface area contributed by atoms with Crippen LogP contribution in [0.2, 0.25) is 0 Å². The van der Waals surface area contributed by atoms with Crippen LogP contribution in [0.3, 0.4) is 0 Å². The third kappa shape index (κ3) is 1.78. The molecular formula is C14H18N4O4. The summed E-state index contributed by atoms with van der Waals surface area (Å²) in [7, 11) is 0. The normalized spacial score (nSPS) is 37.8. The van der Waals surface area contributed by atoms with Gasteiger partial charge >= 0.3 is 0 Å². The minimum absolute atomic E-state index is 0.152. The zero-order valence-corrected chi connectivity index (χ0v) is 12.3. The predicted molar refractivity (Wildman–Crippen MR) is 75.9 cm³/mol. The first-order valence-electron chi connectivity index (χ1n) is 7.21. The Labute approximate surface area is 126 Å². The smallest absolute Gasteiger partial charge is 0.156 e. The van der Waals surface area contributed by atoms with Gasteiger partial charge in [-0.2, -0.15) is 5.10 Å². The van der Waals surface area contributed by atoms with Gasteiger partial charge in [-0.3, -0.25) is 0 Å². The Balaban J connectivity index is 1.80. The number of nitrogens with zero attached hydrogens (tertiary/aromatic N) is 3. The van der Waals surface area contributed by atoms with Gasteiger partial charge in [0.25, 0.3) is 0 Å². The third-order valence-electron chi connectivity index (χ3n) is 4.40. The average Bonchev–Trinajstić information content (AvgIpc) is 3.15. The predicted octanol–water partition coefficient (Wildman–Crippen LogP) is 0.264. The highest BCUT2D eigenvalue weighted by atomic mass is 16.8. The van der Waals surface area contributed by atoms with E-state index in [1.165, 1.54) is 6.33 Å². The zero-order valence-electron chi connectivity index (χ0n) is 12.3. The molecule has 118 valence electrons. The standard InChI is InChI=1S/C14H18N4O4/c1-7-20-11-10(22-14(2,5-19)12(11)21-7)8-3-4-9-13(15)16-6-17-18(8)9/h3-4,6-7,10-12,19H,5H2,1-2H3,(H2,15,16,17)/t7?,10-,11-,12-,14+/m0/s1. The molecule has 0 aromatic carbocycles. The molecular weight excluding hydrogens is 288 g/mol. The summed E-state index contributed by atoms with van der Waals surface area (Å²) in [5.41, 5.74) is 6.56. The van der Waals surface area contributed by atoms with Crippen molar-refractivity contribution in [2.75, 3.05) is 12.3 Å². The second-order valence-corrected chi connectivity index (χ2v) is 5.93. The molecule has 0 amide bonds. The summed E-state index contributed by atoms with van der Waals surface area (Å²) >= 11 is 0. The van der Waals surface area contributed by atoms with Gasteiger partial charge in [0.05, 0.1) is 12.3 Å². The molecule has 4 rings (SSSR count). The number of ether oxygens (including phenoxy) is 3. The Kier molecular flexibility index (Phi) is 2.92. The molecule has 0 radical (unpaired) electrons. The van der Waals surface area contributed by atoms with Crippen LogP contribution in [0.15, 0.2) is 18.5 Å². The molecule has 0 saturated carbocycles. The molecule has 2 aromatic heterocycles. The lowest BCUT2D eigenvalue weighted by Gasteiger charge is -2.27. The first-order chi connectivity index (χ1) is 10.5. The number of nitrogen functional groups attached to an aromatic ring is 1. The number of aliphatic hydroxyl groups is 1. The van der Waals surface area contributed by atoms with E-state index in [0.29, 0.717) is 11.3 Å². The fourth-order valence-corrected chi connectivity index (χ4v) is 3.30. The van der Waals surface area contributed by atoms with Crippen LogP contribution in [0.4, 0.5) is 5.82 Å². The van der Waals surface area contributed by atoms with Gasteiger partial charge in [-0.1, -0.05) is 0 Å². The fourth-order valence-electron chi connectivity index (χ4n) is 3.30. The topological polar surface area (TPSA) is 104 Å². The van der Waals surface area contributed by atoms with Crippen LogP contribution >= 0.6 is 0 Å². The molecule has 22 heavy (non-hydrogen) atoms. The average molecular weight is 306 g/mol. The summed E-state index contributed by atoms with van der Waals surface area (Å²) in [4.78, 5) is 3.98. The van der Waals surface area contributed by atoms with E-state index >= 15 is 0 Å². The quantitative estimate of drug-likeness (QED) is 0.820. The number of fused-ring (bicyclic) bond motifs is 2. The van der Waals surface area contributed by atoms with Crippen LogP contribution in [-0.4, -0.2) is 50.4 Å². The van der Waals surface area contributed by atoms with Crippen molar-refractivity contribution in [2.45, 2.75) is 44.1 Å². The highest BCUT2D eigenvalue weighted by Crippen LogP contribution is 2.47. The van der Waals surface area contributed by atoms with E-state index in [-0.39, 0.29) is 25.1 Å². The van der Waals surface area contributed by atoms with Crippen molar-refractivity contribution in [2.24, 2.45) is 0 Å². The van der Waals surface area contributed by atoms with Crippen molar-refractivity contribution in [3.05, 3.63) is 24.2 Å². The minimum Gasteiger partial charge on any atom is -0.393 e. The molecule has 0 bridgehead atoms. The molecule has 2 saturated heterocycles. The molecule has 2 aromatic rings. The van der Waals surface area contributed by atoms with Crippen molar-refractivity contribution in [1.29, 1.82) is 0 Å². The molecule has 4 heterocycles. The largest absolute Gasteiger partial charge is 0.393 e. The van der Waals surface area contributed by atoms with Gasteiger partial charge < -0.3 is 25.1 Å². The van der Waals surface area contributed by atoms with Crippen molar-refractivity contribution in [3.8, 4) is 0 Å². The molecule has 1 unspecified atom stereocenters. The lowest BCUT2D eigenvalue weighted by Crippen LogP contribution is -2.42. The van der Waals surface area contributed by atoms with Gasteiger partial charge in [0.15, 0.2) is 12.1 Å². The summed E-state index contributed by atoms with van der Waals surface area (Å²) in [5.74, 6) is 0.401. The van der Waals surface area contributed by atoms with Crippen LogP contribution < -0.4 is 5.73 Å². The minimum atomic E-state index is -0.817. The van der Waals surface area contributed by atoms with Crippen molar-refractivity contribution in [1.82, 2.24) is 14.6 Å². The van der Waals surface area contributed by atoms with Gasteiger partial charge in [-0.25, -0.2) is 9.50 Å². The first kappa shape index (κ1) is 13.9. The van der Waals surface area contributed by atoms with E-state index in [0.717, 1.165) is 5.69 Å². The summed E-state index contributed by atoms with van der Waals surface area (Å²) in [5, 5.41) is 14.0. The van der Waals surface area contributed by atoms with Crippen molar-refractivity contribution < 1.29 is 19.3 Å². The van der Waals surface area contributed by atoms with Crippen LogP contribution in [0, 0.1) is 0 Å². The second-order valence-electron chi connectivity index (χ2n) is 5.93. The molecule has 5 atom stereocenters. The highest BCUT2D eigenvalue weighted by molar-refractivity contribution is 5.65. The van der Waals surface area contributed by atoms with Gasteiger partial charge in [0.1, 0.15) is 35.8 Å². The Morgan fingerprint density at radius 2 is 2.23 bits per heavy atom. The lowest BCUT2D eigenvalue weighted by molar-refractivity contribution is -0.166. The lowest BCUT2D eigenvalue weighted by atomic mass is 9.97. The van der Waals surface area contributed by atoms with E-state index < -0.39 is 11.7 Å². The van der Waals surface area contributed by atoms with Crippen LogP contribution in [0.5, 0.6) is 0 Å². The van der Waals surface area contributed by atoms with Gasteiger partial charge in [0, 0.05) is 0 Å². The number of nitrogens with two attached hydrogens (primary N) is 1. The van der Waals surface area contributed by atoms with Crippen molar-refractivity contribution in [3.63, 3.8) is 0 Å². The maximum Gasteiger partial charge on any atom is 0.156 e. The van der Waals surface area contributed by atoms with Crippen LogP contribution in [0.1, 0.15) is 25.6 Å². The van der Waals surface area contributed by atoms with Crippen LogP contribution in [0.25, 0.3) is 5.52 Å². The van der Waals surface area contributed by atoms with E-state index in [1.54, 1.807) is 4.52 Å². The van der Waals surface area contributed by atoms with E-state index in [2.05, 4.69) is 10.1 Å². The maximum absolute atomic E-state index is 9.72. The van der Waals surface area contributed by atoms with E-state index in [9.17, 15) is 5.11 Å². The fraction of sp³-hybridized carbons (Fsp3) is 0.571. The number of aliphatic hydroxyl groups excluding tert-OH is 1. The Morgan fingerprint density at radius 1 is 1.41 bits per heavy atom. The summed E-state index contributed by atoms with van der Waals surface area (Å²) in [6, 6.07) is 3.73. The third-order valence-corrected chi connectivity index (χ3v) is 4.40. The van der Waals surface area contributed by atoms with Gasteiger partial charge in [-0.15, -0.1) is 0 Å². The molecule has 0 spiro atoms. The summed E-state index contributed by atoms with van der Waals surface area (Å²) < 4.78 is 19.4. The van der Waals surface area contributed by atoms with Gasteiger partial charge in [0.2, 0.25) is 0 Å². The SMILES string of the molecule is CC1O[C@H]2[C@H](c3ccc4c(N)ncnn34)O[C@](C)(CO)[C@H]2O1. The van der Waals surface area contributed by atoms with E-state index in [4.69, 9.17) is 19.9 Å².